The molecule has 6 heteroatoms. The summed E-state index contributed by atoms with van der Waals surface area (Å²) in [5, 5.41) is 14.9. The van der Waals surface area contributed by atoms with E-state index in [1.165, 1.54) is 18.1 Å². The molecule has 2 aromatic rings. The maximum atomic E-state index is 9.34. The van der Waals surface area contributed by atoms with E-state index in [0.717, 1.165) is 15.7 Å². The second-order valence-corrected chi connectivity index (χ2v) is 4.36. The Kier molecular flexibility index (Phi) is 3.21. The summed E-state index contributed by atoms with van der Waals surface area (Å²) in [6, 6.07) is 3.72. The summed E-state index contributed by atoms with van der Waals surface area (Å²) in [4.78, 5) is 8.33. The summed E-state index contributed by atoms with van der Waals surface area (Å²) < 4.78 is 1.69. The average Bonchev–Trinajstić information content (AvgIpc) is 2.65. The normalized spacial score (nSPS) is 12.7. The highest BCUT2D eigenvalue weighted by atomic mass is 32.2. The van der Waals surface area contributed by atoms with Crippen LogP contribution < -0.4 is 0 Å². The number of hydrogen-bond acceptors (Lipinski definition) is 5. The number of aromatic nitrogens is 4. The van der Waals surface area contributed by atoms with E-state index < -0.39 is 6.10 Å². The molecule has 0 amide bonds. The second kappa shape index (κ2) is 4.63. The first-order valence-corrected chi connectivity index (χ1v) is 5.64. The molecule has 16 heavy (non-hydrogen) atoms. The Hall–Kier alpha value is -1.40. The van der Waals surface area contributed by atoms with Gasteiger partial charge in [0.2, 0.25) is 0 Å². The molecular weight excluding hydrogens is 224 g/mol. The standard InChI is InChI=1S/C10H12N4OS/c1-7(15)8-3-4-9(11-5-8)16-10-12-6-13-14(10)2/h3-7,15H,1-2H3/t7-/m1/s1. The highest BCUT2D eigenvalue weighted by molar-refractivity contribution is 7.99. The first kappa shape index (κ1) is 11.1. The molecular formula is C10H12N4OS. The van der Waals surface area contributed by atoms with Gasteiger partial charge in [-0.3, -0.25) is 0 Å². The summed E-state index contributed by atoms with van der Waals surface area (Å²) in [6.07, 6.45) is 2.69. The molecule has 0 radical (unpaired) electrons. The Morgan fingerprint density at radius 3 is 2.69 bits per heavy atom. The minimum Gasteiger partial charge on any atom is -0.389 e. The number of aliphatic hydroxyl groups excluding tert-OH is 1. The van der Waals surface area contributed by atoms with E-state index in [2.05, 4.69) is 15.1 Å². The molecule has 0 saturated carbocycles. The van der Waals surface area contributed by atoms with Crippen LogP contribution in [0, 0.1) is 0 Å². The fraction of sp³-hybridized carbons (Fsp3) is 0.300. The van der Waals surface area contributed by atoms with Crippen LogP contribution in [0.5, 0.6) is 0 Å². The van der Waals surface area contributed by atoms with Crippen molar-refractivity contribution in [1.82, 2.24) is 19.7 Å². The van der Waals surface area contributed by atoms with Crippen LogP contribution in [0.2, 0.25) is 0 Å². The average molecular weight is 236 g/mol. The van der Waals surface area contributed by atoms with Gasteiger partial charge < -0.3 is 5.11 Å². The SMILES string of the molecule is C[C@@H](O)c1ccc(Sc2ncnn2C)nc1. The zero-order chi connectivity index (χ0) is 11.5. The van der Waals surface area contributed by atoms with E-state index in [-0.39, 0.29) is 0 Å². The minimum absolute atomic E-state index is 0.485. The van der Waals surface area contributed by atoms with Gasteiger partial charge in [-0.2, -0.15) is 5.10 Å². The van der Waals surface area contributed by atoms with E-state index in [0.29, 0.717) is 0 Å². The molecule has 1 atom stereocenters. The molecule has 0 aliphatic carbocycles. The number of aryl methyl sites for hydroxylation is 1. The molecule has 1 N–H and O–H groups in total. The van der Waals surface area contributed by atoms with Crippen molar-refractivity contribution in [3.05, 3.63) is 30.2 Å². The molecule has 0 spiro atoms. The molecule has 0 unspecified atom stereocenters. The summed E-state index contributed by atoms with van der Waals surface area (Å²) >= 11 is 1.44. The molecule has 5 nitrogen and oxygen atoms in total. The monoisotopic (exact) mass is 236 g/mol. The Balaban J connectivity index is 2.14. The first-order valence-electron chi connectivity index (χ1n) is 4.82. The highest BCUT2D eigenvalue weighted by Crippen LogP contribution is 2.23. The summed E-state index contributed by atoms with van der Waals surface area (Å²) in [5.41, 5.74) is 0.808. The largest absolute Gasteiger partial charge is 0.389 e. The third kappa shape index (κ3) is 2.40. The molecule has 0 fully saturated rings. The topological polar surface area (TPSA) is 63.8 Å². The third-order valence-corrected chi connectivity index (χ3v) is 3.11. The molecule has 0 bridgehead atoms. The Bertz CT molecular complexity index is 466. The van der Waals surface area contributed by atoms with Crippen LogP contribution in [0.3, 0.4) is 0 Å². The minimum atomic E-state index is -0.485. The molecule has 2 rings (SSSR count). The Morgan fingerprint density at radius 2 is 2.19 bits per heavy atom. The molecule has 84 valence electrons. The maximum Gasteiger partial charge on any atom is 0.192 e. The maximum absolute atomic E-state index is 9.34. The molecule has 0 aliphatic rings. The van der Waals surface area contributed by atoms with Gasteiger partial charge in [0.15, 0.2) is 5.16 Å². The van der Waals surface area contributed by atoms with E-state index in [4.69, 9.17) is 0 Å². The van der Waals surface area contributed by atoms with Crippen molar-refractivity contribution in [2.24, 2.45) is 7.05 Å². The number of nitrogens with zero attached hydrogens (tertiary/aromatic N) is 4. The lowest BCUT2D eigenvalue weighted by Crippen LogP contribution is -1.95. The van der Waals surface area contributed by atoms with Crippen molar-refractivity contribution in [3.8, 4) is 0 Å². The van der Waals surface area contributed by atoms with E-state index in [9.17, 15) is 5.11 Å². The number of pyridine rings is 1. The van der Waals surface area contributed by atoms with Gasteiger partial charge in [-0.1, -0.05) is 6.07 Å². The van der Waals surface area contributed by atoms with E-state index >= 15 is 0 Å². The fourth-order valence-corrected chi connectivity index (χ4v) is 1.88. The van der Waals surface area contributed by atoms with Gasteiger partial charge in [-0.15, -0.1) is 0 Å². The van der Waals surface area contributed by atoms with Crippen LogP contribution in [0.1, 0.15) is 18.6 Å². The summed E-state index contributed by atoms with van der Waals surface area (Å²) in [5.74, 6) is 0. The van der Waals surface area contributed by atoms with E-state index in [1.54, 1.807) is 17.8 Å². The van der Waals surface area contributed by atoms with Gasteiger partial charge in [0, 0.05) is 13.2 Å². The van der Waals surface area contributed by atoms with Gasteiger partial charge in [-0.05, 0) is 30.3 Å². The van der Waals surface area contributed by atoms with Gasteiger partial charge in [0.1, 0.15) is 11.4 Å². The van der Waals surface area contributed by atoms with Crippen molar-refractivity contribution in [2.45, 2.75) is 23.2 Å². The van der Waals surface area contributed by atoms with Crippen LogP contribution in [-0.2, 0) is 7.05 Å². The lowest BCUT2D eigenvalue weighted by molar-refractivity contribution is 0.198. The molecule has 0 aliphatic heterocycles. The number of aliphatic hydroxyl groups is 1. The lowest BCUT2D eigenvalue weighted by atomic mass is 10.2. The number of hydrogen-bond donors (Lipinski definition) is 1. The quantitative estimate of drug-likeness (QED) is 0.873. The van der Waals surface area contributed by atoms with Crippen molar-refractivity contribution in [1.29, 1.82) is 0 Å². The summed E-state index contributed by atoms with van der Waals surface area (Å²) in [7, 11) is 1.83. The van der Waals surface area contributed by atoms with Crippen LogP contribution in [0.15, 0.2) is 34.8 Å². The van der Waals surface area contributed by atoms with Crippen molar-refractivity contribution in [2.75, 3.05) is 0 Å². The van der Waals surface area contributed by atoms with E-state index in [1.807, 2.05) is 19.2 Å². The van der Waals surface area contributed by atoms with Gasteiger partial charge in [0.05, 0.1) is 6.10 Å². The van der Waals surface area contributed by atoms with Crippen molar-refractivity contribution < 1.29 is 5.11 Å². The molecule has 2 heterocycles. The second-order valence-electron chi connectivity index (χ2n) is 3.37. The zero-order valence-corrected chi connectivity index (χ0v) is 9.85. The Morgan fingerprint density at radius 1 is 1.38 bits per heavy atom. The predicted molar refractivity (Wildman–Crippen MR) is 60.0 cm³/mol. The predicted octanol–water partition coefficient (Wildman–Crippen LogP) is 1.41. The zero-order valence-electron chi connectivity index (χ0n) is 9.03. The number of rotatable bonds is 3. The van der Waals surface area contributed by atoms with Crippen LogP contribution in [0.25, 0.3) is 0 Å². The smallest absolute Gasteiger partial charge is 0.192 e. The molecule has 2 aromatic heterocycles. The Labute approximate surface area is 97.5 Å². The highest BCUT2D eigenvalue weighted by Gasteiger charge is 2.06. The van der Waals surface area contributed by atoms with Crippen LogP contribution in [0.4, 0.5) is 0 Å². The van der Waals surface area contributed by atoms with Gasteiger partial charge in [-0.25, -0.2) is 14.6 Å². The molecule has 0 aromatic carbocycles. The van der Waals surface area contributed by atoms with Crippen molar-refractivity contribution >= 4 is 11.8 Å². The van der Waals surface area contributed by atoms with Gasteiger partial charge >= 0.3 is 0 Å². The first-order chi connectivity index (χ1) is 7.66. The summed E-state index contributed by atoms with van der Waals surface area (Å²) in [6.45, 7) is 1.71. The lowest BCUT2D eigenvalue weighted by Gasteiger charge is -2.04. The van der Waals surface area contributed by atoms with Crippen molar-refractivity contribution in [3.63, 3.8) is 0 Å². The molecule has 0 saturated heterocycles. The van der Waals surface area contributed by atoms with Crippen LogP contribution >= 0.6 is 11.8 Å². The third-order valence-electron chi connectivity index (χ3n) is 2.11. The van der Waals surface area contributed by atoms with Gasteiger partial charge in [0.25, 0.3) is 0 Å². The fourth-order valence-electron chi connectivity index (χ4n) is 1.17. The van der Waals surface area contributed by atoms with Crippen LogP contribution in [-0.4, -0.2) is 24.9 Å².